The van der Waals surface area contributed by atoms with E-state index in [0.29, 0.717) is 12.4 Å². The molecule has 0 radical (unpaired) electrons. The molecule has 1 N–H and O–H groups in total. The van der Waals surface area contributed by atoms with Gasteiger partial charge in [-0.05, 0) is 61.7 Å². The van der Waals surface area contributed by atoms with E-state index >= 15 is 0 Å². The fourth-order valence-electron chi connectivity index (χ4n) is 2.43. The van der Waals surface area contributed by atoms with Gasteiger partial charge in [0.2, 0.25) is 5.91 Å². The predicted octanol–water partition coefficient (Wildman–Crippen LogP) is 2.94. The van der Waals surface area contributed by atoms with Crippen LogP contribution in [0.3, 0.4) is 0 Å². The van der Waals surface area contributed by atoms with Crippen LogP contribution in [0.5, 0.6) is 5.75 Å². The highest BCUT2D eigenvalue weighted by Crippen LogP contribution is 2.12. The van der Waals surface area contributed by atoms with E-state index in [9.17, 15) is 9.59 Å². The number of hydrazone groups is 1. The van der Waals surface area contributed by atoms with Crippen molar-refractivity contribution in [3.05, 3.63) is 64.7 Å². The topological polar surface area (TPSA) is 77.0 Å². The Morgan fingerprint density at radius 1 is 1.11 bits per heavy atom. The van der Waals surface area contributed by atoms with Crippen molar-refractivity contribution >= 4 is 18.1 Å². The lowest BCUT2D eigenvalue weighted by Crippen LogP contribution is -2.20. The van der Waals surface area contributed by atoms with Crippen molar-refractivity contribution in [1.29, 1.82) is 0 Å². The number of rotatable bonds is 8. The molecular formula is C21H24N2O4. The minimum absolute atomic E-state index is 0.129. The normalized spacial score (nSPS) is 10.6. The van der Waals surface area contributed by atoms with Crippen molar-refractivity contribution in [2.24, 2.45) is 5.10 Å². The third-order valence-corrected chi connectivity index (χ3v) is 3.79. The average molecular weight is 368 g/mol. The second-order valence-corrected chi connectivity index (χ2v) is 6.06. The molecule has 0 unspecified atom stereocenters. The number of hydrogen-bond donors (Lipinski definition) is 1. The summed E-state index contributed by atoms with van der Waals surface area (Å²) in [6.45, 7) is 5.95. The van der Waals surface area contributed by atoms with Gasteiger partial charge in [-0.25, -0.2) is 10.2 Å². The Bertz CT molecular complexity index is 813. The molecule has 0 atom stereocenters. The highest BCUT2D eigenvalue weighted by Gasteiger charge is 2.05. The lowest BCUT2D eigenvalue weighted by atomic mass is 10.0. The van der Waals surface area contributed by atoms with Gasteiger partial charge >= 0.3 is 5.97 Å². The maximum atomic E-state index is 12.0. The zero-order valence-electron chi connectivity index (χ0n) is 15.8. The first-order chi connectivity index (χ1) is 13.0. The Labute approximate surface area is 159 Å². The second kappa shape index (κ2) is 10.1. The van der Waals surface area contributed by atoms with Crippen molar-refractivity contribution < 1.29 is 19.1 Å². The second-order valence-electron chi connectivity index (χ2n) is 6.06. The number of amides is 1. The summed E-state index contributed by atoms with van der Waals surface area (Å²) in [5, 5.41) is 3.97. The number of hydrogen-bond acceptors (Lipinski definition) is 5. The van der Waals surface area contributed by atoms with Crippen LogP contribution in [0, 0.1) is 13.8 Å². The third kappa shape index (κ3) is 6.93. The van der Waals surface area contributed by atoms with E-state index in [1.54, 1.807) is 37.4 Å². The molecule has 142 valence electrons. The summed E-state index contributed by atoms with van der Waals surface area (Å²) in [4.78, 5) is 23.3. The lowest BCUT2D eigenvalue weighted by molar-refractivity contribution is -0.145. The summed E-state index contributed by atoms with van der Waals surface area (Å²) in [5.41, 5.74) is 6.57. The third-order valence-electron chi connectivity index (χ3n) is 3.79. The van der Waals surface area contributed by atoms with Crippen molar-refractivity contribution in [1.82, 2.24) is 5.43 Å². The molecule has 6 nitrogen and oxygen atoms in total. The molecule has 0 heterocycles. The molecular weight excluding hydrogens is 344 g/mol. The lowest BCUT2D eigenvalue weighted by Gasteiger charge is -2.06. The van der Waals surface area contributed by atoms with Crippen LogP contribution in [0.25, 0.3) is 0 Å². The highest BCUT2D eigenvalue weighted by atomic mass is 16.6. The van der Waals surface area contributed by atoms with E-state index in [0.717, 1.165) is 16.7 Å². The van der Waals surface area contributed by atoms with E-state index in [-0.39, 0.29) is 18.9 Å². The molecule has 0 bridgehead atoms. The standard InChI is InChI=1S/C21H24N2O4/c1-4-26-21(25)14-27-19-9-6-17(7-10-19)13-22-23-20(24)12-18-8-5-15(2)11-16(18)3/h5-11,13H,4,12,14H2,1-3H3,(H,23,24)/b22-13-. The van der Waals surface area contributed by atoms with Crippen molar-refractivity contribution in [2.45, 2.75) is 27.2 Å². The van der Waals surface area contributed by atoms with Crippen LogP contribution in [-0.2, 0) is 20.7 Å². The maximum Gasteiger partial charge on any atom is 0.344 e. The van der Waals surface area contributed by atoms with Crippen LogP contribution in [0.2, 0.25) is 0 Å². The Kier molecular flexibility index (Phi) is 7.55. The number of aryl methyl sites for hydroxylation is 2. The highest BCUT2D eigenvalue weighted by molar-refractivity contribution is 5.83. The molecule has 0 saturated carbocycles. The monoisotopic (exact) mass is 368 g/mol. The molecule has 0 aliphatic heterocycles. The Hall–Kier alpha value is -3.15. The van der Waals surface area contributed by atoms with Crippen LogP contribution >= 0.6 is 0 Å². The minimum atomic E-state index is -0.408. The number of esters is 1. The van der Waals surface area contributed by atoms with Gasteiger partial charge in [0, 0.05) is 0 Å². The van der Waals surface area contributed by atoms with E-state index < -0.39 is 5.97 Å². The average Bonchev–Trinajstić information content (AvgIpc) is 2.64. The van der Waals surface area contributed by atoms with Gasteiger partial charge in [-0.15, -0.1) is 0 Å². The van der Waals surface area contributed by atoms with Crippen molar-refractivity contribution in [3.8, 4) is 5.75 Å². The van der Waals surface area contributed by atoms with Crippen LogP contribution in [0.15, 0.2) is 47.6 Å². The van der Waals surface area contributed by atoms with Gasteiger partial charge in [0.15, 0.2) is 6.61 Å². The fourth-order valence-corrected chi connectivity index (χ4v) is 2.43. The van der Waals surface area contributed by atoms with Gasteiger partial charge in [-0.3, -0.25) is 4.79 Å². The molecule has 1 amide bonds. The first-order valence-electron chi connectivity index (χ1n) is 8.74. The number of carbonyl (C=O) groups excluding carboxylic acids is 2. The largest absolute Gasteiger partial charge is 0.482 e. The molecule has 0 spiro atoms. The zero-order valence-corrected chi connectivity index (χ0v) is 15.8. The van der Waals surface area contributed by atoms with Crippen molar-refractivity contribution in [2.75, 3.05) is 13.2 Å². The smallest absolute Gasteiger partial charge is 0.344 e. The number of ether oxygens (including phenoxy) is 2. The zero-order chi connectivity index (χ0) is 19.6. The van der Waals surface area contributed by atoms with E-state index in [1.807, 2.05) is 26.0 Å². The van der Waals surface area contributed by atoms with Crippen LogP contribution in [-0.4, -0.2) is 31.3 Å². The minimum Gasteiger partial charge on any atom is -0.482 e. The first-order valence-corrected chi connectivity index (χ1v) is 8.74. The van der Waals surface area contributed by atoms with Gasteiger partial charge in [0.25, 0.3) is 0 Å². The Morgan fingerprint density at radius 2 is 1.85 bits per heavy atom. The molecule has 2 aromatic rings. The first kappa shape index (κ1) is 20.2. The molecule has 0 aliphatic rings. The van der Waals surface area contributed by atoms with E-state index in [2.05, 4.69) is 16.6 Å². The number of benzene rings is 2. The molecule has 0 saturated heterocycles. The summed E-state index contributed by atoms with van der Waals surface area (Å²) in [6.07, 6.45) is 1.83. The van der Waals surface area contributed by atoms with Gasteiger partial charge in [-0.2, -0.15) is 5.10 Å². The molecule has 0 fully saturated rings. The fraction of sp³-hybridized carbons (Fsp3) is 0.286. The Balaban J connectivity index is 1.81. The number of carbonyl (C=O) groups is 2. The molecule has 0 aliphatic carbocycles. The van der Waals surface area contributed by atoms with Crippen LogP contribution < -0.4 is 10.2 Å². The van der Waals surface area contributed by atoms with Gasteiger partial charge < -0.3 is 9.47 Å². The van der Waals surface area contributed by atoms with E-state index in [4.69, 9.17) is 9.47 Å². The number of nitrogens with zero attached hydrogens (tertiary/aromatic N) is 1. The van der Waals surface area contributed by atoms with Crippen LogP contribution in [0.4, 0.5) is 0 Å². The van der Waals surface area contributed by atoms with Gasteiger partial charge in [0.05, 0.1) is 19.2 Å². The predicted molar refractivity (Wildman–Crippen MR) is 104 cm³/mol. The van der Waals surface area contributed by atoms with Gasteiger partial charge in [0.1, 0.15) is 5.75 Å². The molecule has 0 aromatic heterocycles. The summed E-state index contributed by atoms with van der Waals surface area (Å²) >= 11 is 0. The molecule has 6 heteroatoms. The summed E-state index contributed by atoms with van der Waals surface area (Å²) in [5.74, 6) is -0.0265. The summed E-state index contributed by atoms with van der Waals surface area (Å²) < 4.78 is 10.1. The molecule has 2 rings (SSSR count). The molecule has 27 heavy (non-hydrogen) atoms. The molecule has 2 aromatic carbocycles. The Morgan fingerprint density at radius 3 is 2.52 bits per heavy atom. The SMILES string of the molecule is CCOC(=O)COc1ccc(/C=N\NC(=O)Cc2ccc(C)cc2C)cc1. The number of nitrogens with one attached hydrogen (secondary N) is 1. The van der Waals surface area contributed by atoms with Crippen molar-refractivity contribution in [3.63, 3.8) is 0 Å². The van der Waals surface area contributed by atoms with Gasteiger partial charge in [-0.1, -0.05) is 23.8 Å². The summed E-state index contributed by atoms with van der Waals surface area (Å²) in [7, 11) is 0. The van der Waals surface area contributed by atoms with Crippen LogP contribution in [0.1, 0.15) is 29.2 Å². The maximum absolute atomic E-state index is 12.0. The quantitative estimate of drug-likeness (QED) is 0.441. The summed E-state index contributed by atoms with van der Waals surface area (Å²) in [6, 6.07) is 13.0. The van der Waals surface area contributed by atoms with E-state index in [1.165, 1.54) is 5.56 Å².